The van der Waals surface area contributed by atoms with Crippen molar-refractivity contribution in [2.24, 2.45) is 0 Å². The van der Waals surface area contributed by atoms with E-state index in [1.165, 1.54) is 11.6 Å². The fourth-order valence-electron chi connectivity index (χ4n) is 3.73. The summed E-state index contributed by atoms with van der Waals surface area (Å²) in [7, 11) is 0. The normalized spacial score (nSPS) is 14.2. The van der Waals surface area contributed by atoms with E-state index >= 15 is 0 Å². The van der Waals surface area contributed by atoms with Gasteiger partial charge >= 0.3 is 0 Å². The highest BCUT2D eigenvalue weighted by molar-refractivity contribution is 5.96. The third-order valence-corrected chi connectivity index (χ3v) is 5.25. The summed E-state index contributed by atoms with van der Waals surface area (Å²) >= 11 is 0. The van der Waals surface area contributed by atoms with E-state index in [9.17, 15) is 9.18 Å². The molecule has 0 atom stereocenters. The number of benzene rings is 3. The first-order valence-electron chi connectivity index (χ1n) is 9.63. The predicted molar refractivity (Wildman–Crippen MR) is 110 cm³/mol. The lowest BCUT2D eigenvalue weighted by Crippen LogP contribution is -2.49. The predicted octanol–water partition coefficient (Wildman–Crippen LogP) is 4.38. The van der Waals surface area contributed by atoms with Crippen LogP contribution >= 0.6 is 0 Å². The molecule has 0 saturated carbocycles. The van der Waals surface area contributed by atoms with E-state index in [1.54, 1.807) is 12.1 Å². The SMILES string of the molecule is O=C(c1ccccc1Cc1ccccc1)N1CCN(c2ccccc2F)CC1. The van der Waals surface area contributed by atoms with Crippen LogP contribution < -0.4 is 4.90 Å². The van der Waals surface area contributed by atoms with Gasteiger partial charge in [-0.1, -0.05) is 60.7 Å². The molecule has 1 fully saturated rings. The van der Waals surface area contributed by atoms with E-state index < -0.39 is 0 Å². The monoisotopic (exact) mass is 374 g/mol. The second-order valence-electron chi connectivity index (χ2n) is 7.05. The van der Waals surface area contributed by atoms with E-state index in [0.29, 0.717) is 31.9 Å². The van der Waals surface area contributed by atoms with Crippen LogP contribution in [0.3, 0.4) is 0 Å². The van der Waals surface area contributed by atoms with Crippen molar-refractivity contribution in [3.8, 4) is 0 Å². The van der Waals surface area contributed by atoms with Gasteiger partial charge in [0, 0.05) is 31.7 Å². The van der Waals surface area contributed by atoms with Gasteiger partial charge in [-0.25, -0.2) is 4.39 Å². The van der Waals surface area contributed by atoms with Crippen LogP contribution in [0, 0.1) is 5.82 Å². The Morgan fingerprint density at radius 2 is 1.43 bits per heavy atom. The van der Waals surface area contributed by atoms with Crippen LogP contribution in [-0.2, 0) is 6.42 Å². The number of para-hydroxylation sites is 1. The number of carbonyl (C=O) groups excluding carboxylic acids is 1. The minimum absolute atomic E-state index is 0.0553. The van der Waals surface area contributed by atoms with Gasteiger partial charge in [-0.3, -0.25) is 4.79 Å². The van der Waals surface area contributed by atoms with Crippen molar-refractivity contribution >= 4 is 11.6 Å². The Bertz CT molecular complexity index is 950. The lowest BCUT2D eigenvalue weighted by molar-refractivity contribution is 0.0745. The topological polar surface area (TPSA) is 23.6 Å². The quantitative estimate of drug-likeness (QED) is 0.677. The van der Waals surface area contributed by atoms with E-state index in [4.69, 9.17) is 0 Å². The van der Waals surface area contributed by atoms with Crippen molar-refractivity contribution in [1.29, 1.82) is 0 Å². The molecule has 1 heterocycles. The van der Waals surface area contributed by atoms with Crippen LogP contribution in [0.2, 0.25) is 0 Å². The van der Waals surface area contributed by atoms with E-state index in [-0.39, 0.29) is 11.7 Å². The second-order valence-corrected chi connectivity index (χ2v) is 7.05. The minimum atomic E-state index is -0.213. The molecule has 3 nitrogen and oxygen atoms in total. The zero-order valence-corrected chi connectivity index (χ0v) is 15.7. The number of carbonyl (C=O) groups is 1. The highest BCUT2D eigenvalue weighted by Gasteiger charge is 2.24. The number of amides is 1. The fraction of sp³-hybridized carbons (Fsp3) is 0.208. The molecule has 0 aromatic heterocycles. The molecule has 0 radical (unpaired) electrons. The van der Waals surface area contributed by atoms with Gasteiger partial charge in [0.25, 0.3) is 5.91 Å². The third kappa shape index (κ3) is 3.91. The molecule has 4 rings (SSSR count). The van der Waals surface area contributed by atoms with Crippen LogP contribution in [-0.4, -0.2) is 37.0 Å². The smallest absolute Gasteiger partial charge is 0.254 e. The summed E-state index contributed by atoms with van der Waals surface area (Å²) in [6, 6.07) is 24.8. The molecule has 4 heteroatoms. The molecule has 1 amide bonds. The Kier molecular flexibility index (Phi) is 5.38. The number of halogens is 1. The van der Waals surface area contributed by atoms with Gasteiger partial charge in [-0.2, -0.15) is 0 Å². The van der Waals surface area contributed by atoms with E-state index in [2.05, 4.69) is 12.1 Å². The fourth-order valence-corrected chi connectivity index (χ4v) is 3.73. The summed E-state index contributed by atoms with van der Waals surface area (Å²) in [5, 5.41) is 0. The largest absolute Gasteiger partial charge is 0.366 e. The first-order valence-corrected chi connectivity index (χ1v) is 9.63. The average Bonchev–Trinajstić information content (AvgIpc) is 2.75. The Morgan fingerprint density at radius 1 is 0.786 bits per heavy atom. The Morgan fingerprint density at radius 3 is 2.18 bits per heavy atom. The number of rotatable bonds is 4. The van der Waals surface area contributed by atoms with E-state index in [1.807, 2.05) is 58.3 Å². The van der Waals surface area contributed by atoms with Gasteiger partial charge in [0.05, 0.1) is 5.69 Å². The molecule has 28 heavy (non-hydrogen) atoms. The van der Waals surface area contributed by atoms with Gasteiger partial charge in [0.15, 0.2) is 0 Å². The van der Waals surface area contributed by atoms with Crippen molar-refractivity contribution in [2.75, 3.05) is 31.1 Å². The van der Waals surface area contributed by atoms with E-state index in [0.717, 1.165) is 17.5 Å². The molecule has 3 aromatic carbocycles. The summed E-state index contributed by atoms with van der Waals surface area (Å²) in [5.41, 5.74) is 3.59. The van der Waals surface area contributed by atoms with Crippen LogP contribution in [0.4, 0.5) is 10.1 Å². The zero-order chi connectivity index (χ0) is 19.3. The van der Waals surface area contributed by atoms with Crippen LogP contribution in [0.1, 0.15) is 21.5 Å². The molecule has 1 saturated heterocycles. The summed E-state index contributed by atoms with van der Waals surface area (Å²) in [6.07, 6.45) is 0.734. The Hall–Kier alpha value is -3.14. The molecule has 1 aliphatic heterocycles. The highest BCUT2D eigenvalue weighted by atomic mass is 19.1. The molecule has 0 spiro atoms. The number of hydrogen-bond donors (Lipinski definition) is 0. The minimum Gasteiger partial charge on any atom is -0.366 e. The van der Waals surface area contributed by atoms with Gasteiger partial charge < -0.3 is 9.80 Å². The summed E-state index contributed by atoms with van der Waals surface area (Å²) in [6.45, 7) is 2.45. The lowest BCUT2D eigenvalue weighted by Gasteiger charge is -2.36. The molecule has 0 bridgehead atoms. The van der Waals surface area contributed by atoms with Crippen LogP contribution in [0.25, 0.3) is 0 Å². The van der Waals surface area contributed by atoms with Crippen molar-refractivity contribution in [3.63, 3.8) is 0 Å². The summed E-state index contributed by atoms with van der Waals surface area (Å²) in [5.74, 6) is -0.157. The molecule has 3 aromatic rings. The molecule has 0 aliphatic carbocycles. The highest BCUT2D eigenvalue weighted by Crippen LogP contribution is 2.22. The van der Waals surface area contributed by atoms with Crippen molar-refractivity contribution in [3.05, 3.63) is 101 Å². The molecule has 0 N–H and O–H groups in total. The maximum absolute atomic E-state index is 14.0. The third-order valence-electron chi connectivity index (χ3n) is 5.25. The number of piperazine rings is 1. The number of hydrogen-bond acceptors (Lipinski definition) is 2. The molecule has 0 unspecified atom stereocenters. The second kappa shape index (κ2) is 8.26. The first kappa shape index (κ1) is 18.2. The summed E-state index contributed by atoms with van der Waals surface area (Å²) in [4.78, 5) is 17.0. The van der Waals surface area contributed by atoms with Gasteiger partial charge in [0.1, 0.15) is 5.82 Å². The average molecular weight is 374 g/mol. The van der Waals surface area contributed by atoms with Crippen molar-refractivity contribution < 1.29 is 9.18 Å². The van der Waals surface area contributed by atoms with Crippen molar-refractivity contribution in [1.82, 2.24) is 4.90 Å². The standard InChI is InChI=1S/C24H23FN2O/c25-22-12-6-7-13-23(22)26-14-16-27(17-15-26)24(28)21-11-5-4-10-20(21)18-19-8-2-1-3-9-19/h1-13H,14-18H2. The zero-order valence-electron chi connectivity index (χ0n) is 15.7. The van der Waals surface area contributed by atoms with Gasteiger partial charge in [-0.15, -0.1) is 0 Å². The van der Waals surface area contributed by atoms with Gasteiger partial charge in [0.2, 0.25) is 0 Å². The van der Waals surface area contributed by atoms with Gasteiger partial charge in [-0.05, 0) is 35.7 Å². The Labute approximate surface area is 165 Å². The molecular weight excluding hydrogens is 351 g/mol. The lowest BCUT2D eigenvalue weighted by atomic mass is 9.99. The summed E-state index contributed by atoms with van der Waals surface area (Å²) < 4.78 is 14.0. The maximum Gasteiger partial charge on any atom is 0.254 e. The molecule has 142 valence electrons. The number of anilines is 1. The first-order chi connectivity index (χ1) is 13.7. The Balaban J connectivity index is 1.47. The van der Waals surface area contributed by atoms with Crippen molar-refractivity contribution in [2.45, 2.75) is 6.42 Å². The van der Waals surface area contributed by atoms with Crippen LogP contribution in [0.15, 0.2) is 78.9 Å². The molecular formula is C24H23FN2O. The molecule has 1 aliphatic rings. The maximum atomic E-state index is 14.0. The number of nitrogens with zero attached hydrogens (tertiary/aromatic N) is 2. The van der Waals surface area contributed by atoms with Crippen LogP contribution in [0.5, 0.6) is 0 Å².